The van der Waals surface area contributed by atoms with E-state index in [2.05, 4.69) is 5.16 Å². The predicted molar refractivity (Wildman–Crippen MR) is 74.7 cm³/mol. The average molecular weight is 292 g/mol. The Balaban J connectivity index is 1.97. The monoisotopic (exact) mass is 291 g/mol. The Morgan fingerprint density at radius 1 is 1.25 bits per heavy atom. The summed E-state index contributed by atoms with van der Waals surface area (Å²) in [6, 6.07) is 8.93. The van der Waals surface area contributed by atoms with Gasteiger partial charge in [-0.05, 0) is 37.1 Å². The van der Waals surface area contributed by atoms with Crippen LogP contribution < -0.4 is 0 Å². The van der Waals surface area contributed by atoms with Crippen molar-refractivity contribution < 1.29 is 14.4 Å². The van der Waals surface area contributed by atoms with Crippen molar-refractivity contribution in [1.82, 2.24) is 5.16 Å². The van der Waals surface area contributed by atoms with Crippen LogP contribution >= 0.6 is 11.6 Å². The standard InChI is InChI=1S/C15H14ClNO3/c16-11-5-3-10(4-6-11)12-9-13(17-20-12)15(14(18)19)7-1-2-8-15/h3-6,9H,1-2,7-8H2,(H,18,19). The molecule has 4 nitrogen and oxygen atoms in total. The molecule has 1 heterocycles. The molecule has 1 aromatic carbocycles. The van der Waals surface area contributed by atoms with Gasteiger partial charge in [-0.1, -0.05) is 29.6 Å². The summed E-state index contributed by atoms with van der Waals surface area (Å²) in [6.07, 6.45) is 3.06. The maximum absolute atomic E-state index is 11.6. The molecule has 3 rings (SSSR count). The van der Waals surface area contributed by atoms with Gasteiger partial charge in [0.25, 0.3) is 0 Å². The van der Waals surface area contributed by atoms with Crippen LogP contribution in [0.25, 0.3) is 11.3 Å². The molecule has 0 spiro atoms. The molecule has 0 amide bonds. The van der Waals surface area contributed by atoms with Gasteiger partial charge in [-0.15, -0.1) is 0 Å². The molecule has 104 valence electrons. The van der Waals surface area contributed by atoms with Crippen LogP contribution in [0.2, 0.25) is 5.02 Å². The van der Waals surface area contributed by atoms with Gasteiger partial charge in [-0.25, -0.2) is 0 Å². The minimum Gasteiger partial charge on any atom is -0.481 e. The molecule has 1 aliphatic carbocycles. The van der Waals surface area contributed by atoms with E-state index in [0.717, 1.165) is 18.4 Å². The Kier molecular flexibility index (Phi) is 3.26. The number of carbonyl (C=O) groups is 1. The van der Waals surface area contributed by atoms with E-state index >= 15 is 0 Å². The topological polar surface area (TPSA) is 63.3 Å². The summed E-state index contributed by atoms with van der Waals surface area (Å²) < 4.78 is 5.32. The van der Waals surface area contributed by atoms with Crippen LogP contribution in [0.5, 0.6) is 0 Å². The van der Waals surface area contributed by atoms with Crippen molar-refractivity contribution >= 4 is 17.6 Å². The fraction of sp³-hybridized carbons (Fsp3) is 0.333. The molecule has 1 N–H and O–H groups in total. The zero-order valence-electron chi connectivity index (χ0n) is 10.8. The Bertz CT molecular complexity index is 627. The second-order valence-corrected chi connectivity index (χ2v) is 5.61. The molecule has 0 aliphatic heterocycles. The van der Waals surface area contributed by atoms with Gasteiger partial charge in [-0.3, -0.25) is 4.79 Å². The highest BCUT2D eigenvalue weighted by Gasteiger charge is 2.45. The Morgan fingerprint density at radius 3 is 2.50 bits per heavy atom. The normalized spacial score (nSPS) is 17.2. The zero-order valence-corrected chi connectivity index (χ0v) is 11.6. The van der Waals surface area contributed by atoms with Crippen LogP contribution in [0.3, 0.4) is 0 Å². The largest absolute Gasteiger partial charge is 0.481 e. The molecule has 0 bridgehead atoms. The second-order valence-electron chi connectivity index (χ2n) is 5.18. The minimum absolute atomic E-state index is 0.521. The third-order valence-electron chi connectivity index (χ3n) is 4.00. The van der Waals surface area contributed by atoms with Crippen molar-refractivity contribution in [3.8, 4) is 11.3 Å². The molecular formula is C15H14ClNO3. The van der Waals surface area contributed by atoms with E-state index < -0.39 is 11.4 Å². The number of hydrogen-bond donors (Lipinski definition) is 1. The first-order chi connectivity index (χ1) is 9.62. The van der Waals surface area contributed by atoms with Crippen molar-refractivity contribution in [2.45, 2.75) is 31.1 Å². The molecule has 1 aromatic heterocycles. The van der Waals surface area contributed by atoms with Gasteiger partial charge in [-0.2, -0.15) is 0 Å². The molecule has 1 saturated carbocycles. The fourth-order valence-electron chi connectivity index (χ4n) is 2.81. The SMILES string of the molecule is O=C(O)C1(c2cc(-c3ccc(Cl)cc3)on2)CCCC1. The minimum atomic E-state index is -0.881. The highest BCUT2D eigenvalue weighted by Crippen LogP contribution is 2.41. The summed E-state index contributed by atoms with van der Waals surface area (Å²) in [7, 11) is 0. The number of hydrogen-bond acceptors (Lipinski definition) is 3. The summed E-state index contributed by atoms with van der Waals surface area (Å²) in [5.74, 6) is -0.241. The molecular weight excluding hydrogens is 278 g/mol. The Hall–Kier alpha value is -1.81. The molecule has 1 fully saturated rings. The van der Waals surface area contributed by atoms with Crippen molar-refractivity contribution in [2.24, 2.45) is 0 Å². The number of nitrogens with zero attached hydrogens (tertiary/aromatic N) is 1. The van der Waals surface area contributed by atoms with Crippen molar-refractivity contribution in [3.05, 3.63) is 41.0 Å². The predicted octanol–water partition coefficient (Wildman–Crippen LogP) is 3.89. The van der Waals surface area contributed by atoms with E-state index in [1.807, 2.05) is 12.1 Å². The van der Waals surface area contributed by atoms with E-state index in [1.165, 1.54) is 0 Å². The van der Waals surface area contributed by atoms with Gasteiger partial charge in [0.1, 0.15) is 11.1 Å². The van der Waals surface area contributed by atoms with E-state index in [0.29, 0.717) is 29.3 Å². The average Bonchev–Trinajstić information content (AvgIpc) is 3.09. The lowest BCUT2D eigenvalue weighted by molar-refractivity contribution is -0.143. The van der Waals surface area contributed by atoms with Gasteiger partial charge >= 0.3 is 5.97 Å². The summed E-state index contributed by atoms with van der Waals surface area (Å²) in [6.45, 7) is 0. The van der Waals surface area contributed by atoms with E-state index in [9.17, 15) is 9.90 Å². The Morgan fingerprint density at radius 2 is 1.90 bits per heavy atom. The molecule has 20 heavy (non-hydrogen) atoms. The van der Waals surface area contributed by atoms with E-state index in [4.69, 9.17) is 16.1 Å². The number of aliphatic carboxylic acids is 1. The maximum Gasteiger partial charge on any atom is 0.315 e. The van der Waals surface area contributed by atoms with Crippen LogP contribution in [0, 0.1) is 0 Å². The van der Waals surface area contributed by atoms with E-state index in [-0.39, 0.29) is 0 Å². The first kappa shape index (κ1) is 13.2. The van der Waals surface area contributed by atoms with E-state index in [1.54, 1.807) is 18.2 Å². The first-order valence-corrected chi connectivity index (χ1v) is 6.96. The third-order valence-corrected chi connectivity index (χ3v) is 4.25. The molecule has 0 unspecified atom stereocenters. The smallest absolute Gasteiger partial charge is 0.315 e. The van der Waals surface area contributed by atoms with Gasteiger partial charge < -0.3 is 9.63 Å². The number of benzene rings is 1. The van der Waals surface area contributed by atoms with Crippen molar-refractivity contribution in [1.29, 1.82) is 0 Å². The van der Waals surface area contributed by atoms with Crippen LogP contribution in [0.1, 0.15) is 31.4 Å². The molecule has 0 atom stereocenters. The van der Waals surface area contributed by atoms with Crippen LogP contribution in [0.4, 0.5) is 0 Å². The number of halogens is 1. The van der Waals surface area contributed by atoms with Crippen LogP contribution in [-0.2, 0) is 10.2 Å². The summed E-state index contributed by atoms with van der Waals surface area (Å²) in [5.41, 5.74) is 0.480. The summed E-state index contributed by atoms with van der Waals surface area (Å²) in [5, 5.41) is 14.2. The first-order valence-electron chi connectivity index (χ1n) is 6.58. The number of carboxylic acids is 1. The summed E-state index contributed by atoms with van der Waals surface area (Å²) in [4.78, 5) is 11.6. The molecule has 5 heteroatoms. The van der Waals surface area contributed by atoms with Gasteiger partial charge in [0, 0.05) is 16.7 Å². The molecule has 0 radical (unpaired) electrons. The van der Waals surface area contributed by atoms with Crippen LogP contribution in [-0.4, -0.2) is 16.2 Å². The Labute approximate surface area is 121 Å². The highest BCUT2D eigenvalue weighted by atomic mass is 35.5. The van der Waals surface area contributed by atoms with Gasteiger partial charge in [0.2, 0.25) is 0 Å². The fourth-order valence-corrected chi connectivity index (χ4v) is 2.94. The zero-order chi connectivity index (χ0) is 14.2. The second kappa shape index (κ2) is 4.94. The lowest BCUT2D eigenvalue weighted by atomic mass is 9.82. The lowest BCUT2D eigenvalue weighted by Crippen LogP contribution is -2.32. The van der Waals surface area contributed by atoms with Crippen LogP contribution in [0.15, 0.2) is 34.9 Å². The molecule has 1 aliphatic rings. The number of rotatable bonds is 3. The van der Waals surface area contributed by atoms with Gasteiger partial charge in [0.15, 0.2) is 5.76 Å². The molecule has 2 aromatic rings. The maximum atomic E-state index is 11.6. The number of carboxylic acid groups (broad SMARTS) is 1. The number of aromatic nitrogens is 1. The van der Waals surface area contributed by atoms with Gasteiger partial charge in [0.05, 0.1) is 0 Å². The highest BCUT2D eigenvalue weighted by molar-refractivity contribution is 6.30. The quantitative estimate of drug-likeness (QED) is 0.932. The third kappa shape index (κ3) is 2.10. The van der Waals surface area contributed by atoms with Crippen molar-refractivity contribution in [2.75, 3.05) is 0 Å². The summed E-state index contributed by atoms with van der Waals surface area (Å²) >= 11 is 5.85. The van der Waals surface area contributed by atoms with Crippen molar-refractivity contribution in [3.63, 3.8) is 0 Å². The lowest BCUT2D eigenvalue weighted by Gasteiger charge is -2.19. The molecule has 0 saturated heterocycles.